The van der Waals surface area contributed by atoms with Gasteiger partial charge in [0, 0.05) is 22.2 Å². The number of para-hydroxylation sites is 1. The number of ether oxygens (including phenoxy) is 1. The van der Waals surface area contributed by atoms with Crippen molar-refractivity contribution in [2.75, 3.05) is 0 Å². The van der Waals surface area contributed by atoms with Gasteiger partial charge in [0.1, 0.15) is 12.4 Å². The molecule has 1 aromatic heterocycles. The number of hydrazine groups is 1. The summed E-state index contributed by atoms with van der Waals surface area (Å²) in [5.74, 6) is -1.59. The fourth-order valence-electron chi connectivity index (χ4n) is 3.37. The van der Waals surface area contributed by atoms with Gasteiger partial charge in [-0.05, 0) is 42.8 Å². The van der Waals surface area contributed by atoms with Crippen LogP contribution in [0.5, 0.6) is 5.75 Å². The number of rotatable bonds is 6. The van der Waals surface area contributed by atoms with E-state index in [0.717, 1.165) is 11.1 Å². The highest BCUT2D eigenvalue weighted by Gasteiger charge is 2.23. The van der Waals surface area contributed by atoms with Crippen LogP contribution < -0.4 is 15.6 Å². The van der Waals surface area contributed by atoms with Crippen LogP contribution in [0.3, 0.4) is 0 Å². The Morgan fingerprint density at radius 3 is 2.28 bits per heavy atom. The Kier molecular flexibility index (Phi) is 5.98. The average molecular weight is 427 g/mol. The van der Waals surface area contributed by atoms with Crippen LogP contribution in [0.25, 0.3) is 10.9 Å². The number of hydrogen-bond acceptors (Lipinski definition) is 4. The zero-order valence-corrected chi connectivity index (χ0v) is 17.3. The van der Waals surface area contributed by atoms with Crippen molar-refractivity contribution in [2.45, 2.75) is 13.5 Å². The fraction of sp³-hybridized carbons (Fsp3) is 0.0800. The number of fused-ring (bicyclic) bond motifs is 1. The third-order valence-corrected chi connectivity index (χ3v) is 4.98. The molecule has 0 aliphatic carbocycles. The van der Waals surface area contributed by atoms with Crippen LogP contribution >= 0.6 is 0 Å². The van der Waals surface area contributed by atoms with Crippen molar-refractivity contribution in [3.63, 3.8) is 0 Å². The highest BCUT2D eigenvalue weighted by molar-refractivity contribution is 6.45. The van der Waals surface area contributed by atoms with Crippen LogP contribution in [0.1, 0.15) is 32.0 Å². The van der Waals surface area contributed by atoms with Gasteiger partial charge in [0.25, 0.3) is 11.7 Å². The van der Waals surface area contributed by atoms with Gasteiger partial charge in [-0.2, -0.15) is 0 Å². The van der Waals surface area contributed by atoms with E-state index >= 15 is 0 Å². The smallest absolute Gasteiger partial charge is 0.310 e. The second-order valence-corrected chi connectivity index (χ2v) is 7.21. The normalized spacial score (nSPS) is 10.5. The quantitative estimate of drug-likeness (QED) is 0.248. The lowest BCUT2D eigenvalue weighted by Crippen LogP contribution is -2.45. The molecule has 32 heavy (non-hydrogen) atoms. The number of hydrogen-bond donors (Lipinski definition) is 3. The molecule has 0 fully saturated rings. The van der Waals surface area contributed by atoms with Crippen molar-refractivity contribution in [1.82, 2.24) is 15.8 Å². The largest absolute Gasteiger partial charge is 0.489 e. The molecule has 0 saturated carbocycles. The number of ketones is 1. The molecular weight excluding hydrogens is 406 g/mol. The number of H-pyrrole nitrogens is 1. The first-order valence-corrected chi connectivity index (χ1v) is 10.0. The third kappa shape index (κ3) is 4.52. The summed E-state index contributed by atoms with van der Waals surface area (Å²) >= 11 is 0. The first-order chi connectivity index (χ1) is 15.5. The zero-order valence-electron chi connectivity index (χ0n) is 17.3. The molecule has 0 radical (unpaired) electrons. The van der Waals surface area contributed by atoms with Crippen LogP contribution in [0.2, 0.25) is 0 Å². The second kappa shape index (κ2) is 9.18. The molecule has 7 heteroatoms. The van der Waals surface area contributed by atoms with E-state index in [1.807, 2.05) is 42.5 Å². The molecule has 4 aromatic rings. The van der Waals surface area contributed by atoms with Gasteiger partial charge in [0.2, 0.25) is 0 Å². The number of amides is 2. The van der Waals surface area contributed by atoms with Gasteiger partial charge in [-0.1, -0.05) is 48.5 Å². The Bertz CT molecular complexity index is 1280. The Labute approximate surface area is 184 Å². The molecule has 0 unspecified atom stereocenters. The Morgan fingerprint density at radius 1 is 0.844 bits per heavy atom. The lowest BCUT2D eigenvalue weighted by Gasteiger charge is -2.09. The summed E-state index contributed by atoms with van der Waals surface area (Å²) in [5, 5.41) is 0.655. The summed E-state index contributed by atoms with van der Waals surface area (Å²) in [6.45, 7) is 2.14. The standard InChI is InChI=1S/C25H21N3O4/c1-16-22(20-9-5-6-10-21(20)26-16)23(29)25(31)28-27-24(30)18-11-13-19(14-12-18)32-15-17-7-3-2-4-8-17/h2-14,26H,15H2,1H3,(H,27,30)(H,28,31). The van der Waals surface area contributed by atoms with E-state index in [-0.39, 0.29) is 5.56 Å². The van der Waals surface area contributed by atoms with Crippen molar-refractivity contribution >= 4 is 28.5 Å². The SMILES string of the molecule is Cc1[nH]c2ccccc2c1C(=O)C(=O)NNC(=O)c1ccc(OCc2ccccc2)cc1. The number of nitrogens with one attached hydrogen (secondary N) is 3. The van der Waals surface area contributed by atoms with E-state index in [2.05, 4.69) is 15.8 Å². The highest BCUT2D eigenvalue weighted by Crippen LogP contribution is 2.22. The molecule has 3 aromatic carbocycles. The van der Waals surface area contributed by atoms with Crippen molar-refractivity contribution in [2.24, 2.45) is 0 Å². The van der Waals surface area contributed by atoms with Crippen LogP contribution in [0.15, 0.2) is 78.9 Å². The third-order valence-electron chi connectivity index (χ3n) is 4.98. The van der Waals surface area contributed by atoms with Crippen LogP contribution in [0.4, 0.5) is 0 Å². The summed E-state index contributed by atoms with van der Waals surface area (Å²) in [5.41, 5.74) is 7.45. The molecule has 160 valence electrons. The maximum atomic E-state index is 12.6. The number of aromatic amines is 1. The number of carbonyl (C=O) groups is 3. The van der Waals surface area contributed by atoms with E-state index in [1.165, 1.54) is 0 Å². The molecular formula is C25H21N3O4. The molecule has 0 aliphatic heterocycles. The first kappa shape index (κ1) is 20.9. The summed E-state index contributed by atoms with van der Waals surface area (Å²) < 4.78 is 5.70. The van der Waals surface area contributed by atoms with Gasteiger partial charge in [-0.3, -0.25) is 25.2 Å². The van der Waals surface area contributed by atoms with E-state index < -0.39 is 17.6 Å². The minimum atomic E-state index is -0.922. The lowest BCUT2D eigenvalue weighted by atomic mass is 10.1. The number of aryl methyl sites for hydroxylation is 1. The first-order valence-electron chi connectivity index (χ1n) is 10.0. The number of benzene rings is 3. The van der Waals surface area contributed by atoms with Crippen LogP contribution in [0, 0.1) is 6.92 Å². The Hall–Kier alpha value is -4.39. The molecule has 0 bridgehead atoms. The maximum Gasteiger partial charge on any atom is 0.310 e. The molecule has 3 N–H and O–H groups in total. The topological polar surface area (TPSA) is 100 Å². The van der Waals surface area contributed by atoms with E-state index in [0.29, 0.717) is 29.0 Å². The van der Waals surface area contributed by atoms with Gasteiger partial charge in [-0.15, -0.1) is 0 Å². The Balaban J connectivity index is 1.34. The zero-order chi connectivity index (χ0) is 22.5. The fourth-order valence-corrected chi connectivity index (χ4v) is 3.37. The van der Waals surface area contributed by atoms with E-state index in [9.17, 15) is 14.4 Å². The maximum absolute atomic E-state index is 12.6. The Morgan fingerprint density at radius 2 is 1.53 bits per heavy atom. The second-order valence-electron chi connectivity index (χ2n) is 7.21. The molecule has 0 aliphatic rings. The monoisotopic (exact) mass is 427 g/mol. The molecule has 4 rings (SSSR count). The van der Waals surface area contributed by atoms with E-state index in [1.54, 1.807) is 43.3 Å². The minimum absolute atomic E-state index is 0.285. The average Bonchev–Trinajstić information content (AvgIpc) is 3.17. The van der Waals surface area contributed by atoms with Gasteiger partial charge in [0.05, 0.1) is 5.56 Å². The van der Waals surface area contributed by atoms with Crippen LogP contribution in [-0.4, -0.2) is 22.6 Å². The van der Waals surface area contributed by atoms with Crippen molar-refractivity contribution < 1.29 is 19.1 Å². The van der Waals surface area contributed by atoms with Crippen molar-refractivity contribution in [1.29, 1.82) is 0 Å². The molecule has 0 spiro atoms. The van der Waals surface area contributed by atoms with Gasteiger partial charge in [-0.25, -0.2) is 0 Å². The predicted molar refractivity (Wildman–Crippen MR) is 120 cm³/mol. The number of aromatic nitrogens is 1. The lowest BCUT2D eigenvalue weighted by molar-refractivity contribution is -0.117. The predicted octanol–water partition coefficient (Wildman–Crippen LogP) is 3.70. The molecule has 7 nitrogen and oxygen atoms in total. The molecule has 0 saturated heterocycles. The number of Topliss-reactive ketones (excluding diaryl/α,β-unsaturated/α-hetero) is 1. The molecule has 1 heterocycles. The summed E-state index contributed by atoms with van der Waals surface area (Å²) in [6.07, 6.45) is 0. The van der Waals surface area contributed by atoms with Gasteiger partial charge >= 0.3 is 5.91 Å². The van der Waals surface area contributed by atoms with Gasteiger partial charge in [0.15, 0.2) is 0 Å². The highest BCUT2D eigenvalue weighted by atomic mass is 16.5. The molecule has 2 amide bonds. The summed E-state index contributed by atoms with van der Waals surface area (Å²) in [4.78, 5) is 40.4. The molecule has 0 atom stereocenters. The minimum Gasteiger partial charge on any atom is -0.489 e. The summed E-state index contributed by atoms with van der Waals surface area (Å²) in [6, 6.07) is 23.4. The van der Waals surface area contributed by atoms with Gasteiger partial charge < -0.3 is 9.72 Å². The van der Waals surface area contributed by atoms with Crippen LogP contribution in [-0.2, 0) is 11.4 Å². The van der Waals surface area contributed by atoms with E-state index in [4.69, 9.17) is 4.74 Å². The number of carbonyl (C=O) groups excluding carboxylic acids is 3. The summed E-state index contributed by atoms with van der Waals surface area (Å²) in [7, 11) is 0. The van der Waals surface area contributed by atoms with Crippen molar-refractivity contribution in [3.8, 4) is 5.75 Å². The van der Waals surface area contributed by atoms with Crippen molar-refractivity contribution in [3.05, 3.63) is 101 Å².